The van der Waals surface area contributed by atoms with Gasteiger partial charge in [0.25, 0.3) is 5.91 Å². The van der Waals surface area contributed by atoms with Gasteiger partial charge in [0, 0.05) is 17.6 Å². The molecule has 7 nitrogen and oxygen atoms in total. The van der Waals surface area contributed by atoms with Crippen LogP contribution in [0, 0.1) is 0 Å². The van der Waals surface area contributed by atoms with Crippen LogP contribution in [-0.4, -0.2) is 38.0 Å². The van der Waals surface area contributed by atoms with Crippen molar-refractivity contribution >= 4 is 41.0 Å². The van der Waals surface area contributed by atoms with Gasteiger partial charge in [0.15, 0.2) is 6.61 Å². The van der Waals surface area contributed by atoms with Crippen molar-refractivity contribution in [3.63, 3.8) is 0 Å². The van der Waals surface area contributed by atoms with Crippen LogP contribution in [0.5, 0.6) is 0 Å². The summed E-state index contributed by atoms with van der Waals surface area (Å²) < 4.78 is 10.2. The summed E-state index contributed by atoms with van der Waals surface area (Å²) in [5.41, 5.74) is 0.563. The first kappa shape index (κ1) is 18.8. The minimum Gasteiger partial charge on any atom is -0.450 e. The Morgan fingerprint density at radius 2 is 1.88 bits per heavy atom. The Morgan fingerprint density at radius 1 is 1.12 bits per heavy atom. The molecule has 25 heavy (non-hydrogen) atoms. The van der Waals surface area contributed by atoms with Gasteiger partial charge >= 0.3 is 5.97 Å². The maximum absolute atomic E-state index is 11.9. The highest BCUT2D eigenvalue weighted by Crippen LogP contribution is 2.31. The first-order valence-electron chi connectivity index (χ1n) is 7.10. The number of benzene rings is 1. The highest BCUT2D eigenvalue weighted by Gasteiger charge is 2.16. The van der Waals surface area contributed by atoms with Crippen LogP contribution in [0.3, 0.4) is 0 Å². The van der Waals surface area contributed by atoms with Gasteiger partial charge in [-0.2, -0.15) is 0 Å². The molecule has 0 bridgehead atoms. The van der Waals surface area contributed by atoms with E-state index in [1.807, 2.05) is 0 Å². The molecule has 0 unspecified atom stereocenters. The average molecular weight is 385 g/mol. The Balaban J connectivity index is 1.94. The SMILES string of the molecule is CNC(=O)CNC(=O)COC(=O)c1ccc(-c2ccc(Cl)cc2Cl)o1. The number of furan rings is 1. The van der Waals surface area contributed by atoms with E-state index >= 15 is 0 Å². The van der Waals surface area contributed by atoms with E-state index in [1.165, 1.54) is 13.1 Å². The number of amides is 2. The summed E-state index contributed by atoms with van der Waals surface area (Å²) in [6.45, 7) is -0.736. The lowest BCUT2D eigenvalue weighted by Gasteiger charge is -2.05. The van der Waals surface area contributed by atoms with Gasteiger partial charge in [-0.05, 0) is 30.3 Å². The molecule has 2 rings (SSSR count). The molecule has 1 aromatic carbocycles. The Bertz CT molecular complexity index is 804. The second-order valence-corrected chi connectivity index (χ2v) is 5.66. The fraction of sp³-hybridized carbons (Fsp3) is 0.188. The van der Waals surface area contributed by atoms with Gasteiger partial charge in [-0.1, -0.05) is 23.2 Å². The zero-order chi connectivity index (χ0) is 18.4. The smallest absolute Gasteiger partial charge is 0.374 e. The molecule has 0 saturated heterocycles. The van der Waals surface area contributed by atoms with Crippen LogP contribution >= 0.6 is 23.2 Å². The van der Waals surface area contributed by atoms with Crippen LogP contribution in [-0.2, 0) is 14.3 Å². The summed E-state index contributed by atoms with van der Waals surface area (Å²) in [5.74, 6) is -1.51. The van der Waals surface area contributed by atoms with Crippen LogP contribution in [0.4, 0.5) is 0 Å². The fourth-order valence-electron chi connectivity index (χ4n) is 1.80. The molecule has 0 atom stereocenters. The maximum Gasteiger partial charge on any atom is 0.374 e. The van der Waals surface area contributed by atoms with Crippen molar-refractivity contribution in [2.75, 3.05) is 20.2 Å². The van der Waals surface area contributed by atoms with Gasteiger partial charge in [-0.15, -0.1) is 0 Å². The molecule has 1 heterocycles. The number of halogens is 2. The largest absolute Gasteiger partial charge is 0.450 e. The van der Waals surface area contributed by atoms with E-state index in [2.05, 4.69) is 10.6 Å². The van der Waals surface area contributed by atoms with E-state index in [4.69, 9.17) is 32.4 Å². The second-order valence-electron chi connectivity index (χ2n) is 4.81. The molecule has 9 heteroatoms. The predicted molar refractivity (Wildman–Crippen MR) is 91.5 cm³/mol. The molecule has 0 radical (unpaired) electrons. The maximum atomic E-state index is 11.9. The summed E-state index contributed by atoms with van der Waals surface area (Å²) >= 11 is 11.9. The average Bonchev–Trinajstić information content (AvgIpc) is 3.07. The Kier molecular flexibility index (Phi) is 6.44. The third-order valence-corrected chi connectivity index (χ3v) is 3.61. The van der Waals surface area contributed by atoms with Gasteiger partial charge in [-0.3, -0.25) is 9.59 Å². The van der Waals surface area contributed by atoms with Gasteiger partial charge in [0.05, 0.1) is 11.6 Å². The molecule has 132 valence electrons. The minimum atomic E-state index is -0.813. The monoisotopic (exact) mass is 384 g/mol. The van der Waals surface area contributed by atoms with Crippen molar-refractivity contribution in [3.8, 4) is 11.3 Å². The van der Waals surface area contributed by atoms with Crippen molar-refractivity contribution in [2.24, 2.45) is 0 Å². The molecular weight excluding hydrogens is 371 g/mol. The number of carbonyl (C=O) groups excluding carboxylic acids is 3. The first-order chi connectivity index (χ1) is 11.9. The van der Waals surface area contributed by atoms with Gasteiger partial charge in [0.1, 0.15) is 5.76 Å². The van der Waals surface area contributed by atoms with Crippen LogP contribution < -0.4 is 10.6 Å². The number of rotatable bonds is 6. The molecule has 0 saturated carbocycles. The van der Waals surface area contributed by atoms with Crippen molar-refractivity contribution in [3.05, 3.63) is 46.1 Å². The molecule has 1 aromatic heterocycles. The fourth-order valence-corrected chi connectivity index (χ4v) is 2.30. The molecule has 2 amide bonds. The van der Waals surface area contributed by atoms with E-state index in [0.717, 1.165) is 0 Å². The van der Waals surface area contributed by atoms with Crippen LogP contribution in [0.15, 0.2) is 34.7 Å². The Morgan fingerprint density at radius 3 is 2.56 bits per heavy atom. The lowest BCUT2D eigenvalue weighted by atomic mass is 10.2. The molecule has 0 fully saturated rings. The standard InChI is InChI=1S/C16H14Cl2N2O5/c1-19-14(21)7-20-15(22)8-24-16(23)13-5-4-12(25-13)10-3-2-9(17)6-11(10)18/h2-6H,7-8H2,1H3,(H,19,21)(H,20,22). The van der Waals surface area contributed by atoms with Crippen molar-refractivity contribution in [1.29, 1.82) is 0 Å². The normalized spacial score (nSPS) is 10.2. The quantitative estimate of drug-likeness (QED) is 0.744. The number of esters is 1. The van der Waals surface area contributed by atoms with Gasteiger partial charge in [-0.25, -0.2) is 4.79 Å². The number of carbonyl (C=O) groups is 3. The topological polar surface area (TPSA) is 97.6 Å². The van der Waals surface area contributed by atoms with Crippen LogP contribution in [0.1, 0.15) is 10.6 Å². The zero-order valence-corrected chi connectivity index (χ0v) is 14.6. The lowest BCUT2D eigenvalue weighted by Crippen LogP contribution is -2.37. The zero-order valence-electron chi connectivity index (χ0n) is 13.1. The Hall–Kier alpha value is -2.51. The van der Waals surface area contributed by atoms with E-state index in [9.17, 15) is 14.4 Å². The summed E-state index contributed by atoms with van der Waals surface area (Å²) in [5, 5.41) is 5.48. The number of hydrogen-bond acceptors (Lipinski definition) is 5. The molecule has 2 aromatic rings. The molecule has 2 N–H and O–H groups in total. The van der Waals surface area contributed by atoms with Crippen molar-refractivity contribution < 1.29 is 23.5 Å². The van der Waals surface area contributed by atoms with Gasteiger partial charge in [0.2, 0.25) is 11.7 Å². The first-order valence-corrected chi connectivity index (χ1v) is 7.86. The molecular formula is C16H14Cl2N2O5. The predicted octanol–water partition coefficient (Wildman–Crippen LogP) is 2.27. The third-order valence-electron chi connectivity index (χ3n) is 3.06. The molecule has 0 aliphatic heterocycles. The van der Waals surface area contributed by atoms with E-state index in [0.29, 0.717) is 21.4 Å². The summed E-state index contributed by atoms with van der Waals surface area (Å²) in [7, 11) is 1.44. The summed E-state index contributed by atoms with van der Waals surface area (Å²) in [6, 6.07) is 7.81. The van der Waals surface area contributed by atoms with E-state index < -0.39 is 18.5 Å². The van der Waals surface area contributed by atoms with Crippen molar-refractivity contribution in [2.45, 2.75) is 0 Å². The molecule has 0 spiro atoms. The van der Waals surface area contributed by atoms with Crippen LogP contribution in [0.25, 0.3) is 11.3 Å². The lowest BCUT2D eigenvalue weighted by molar-refractivity contribution is -0.127. The van der Waals surface area contributed by atoms with Gasteiger partial charge < -0.3 is 19.8 Å². The number of nitrogens with one attached hydrogen (secondary N) is 2. The third kappa shape index (κ3) is 5.23. The number of likely N-dealkylation sites (N-methyl/N-ethyl adjacent to an activating group) is 1. The number of hydrogen-bond donors (Lipinski definition) is 2. The summed E-state index contributed by atoms with van der Waals surface area (Å²) in [4.78, 5) is 34.4. The highest BCUT2D eigenvalue weighted by molar-refractivity contribution is 6.36. The van der Waals surface area contributed by atoms with Crippen molar-refractivity contribution in [1.82, 2.24) is 10.6 Å². The number of ether oxygens (including phenoxy) is 1. The minimum absolute atomic E-state index is 0.0832. The molecule has 0 aliphatic carbocycles. The van der Waals surface area contributed by atoms with E-state index in [-0.39, 0.29) is 18.2 Å². The van der Waals surface area contributed by atoms with Crippen LogP contribution in [0.2, 0.25) is 10.0 Å². The summed E-state index contributed by atoms with van der Waals surface area (Å²) in [6.07, 6.45) is 0. The highest BCUT2D eigenvalue weighted by atomic mass is 35.5. The second kappa shape index (κ2) is 8.55. The molecule has 0 aliphatic rings. The van der Waals surface area contributed by atoms with E-state index in [1.54, 1.807) is 24.3 Å². The Labute approximate surface area is 153 Å².